The van der Waals surface area contributed by atoms with Crippen molar-refractivity contribution in [2.24, 2.45) is 0 Å². The largest absolute Gasteiger partial charge is 0.466 e. The van der Waals surface area contributed by atoms with E-state index < -0.39 is 0 Å². The number of likely N-dealkylation sites (tertiary alicyclic amines) is 1. The molecule has 0 aliphatic carbocycles. The number of carbonyl (C=O) groups excluding carboxylic acids is 1. The molecule has 1 aliphatic heterocycles. The van der Waals surface area contributed by atoms with Crippen molar-refractivity contribution in [1.82, 2.24) is 4.90 Å². The summed E-state index contributed by atoms with van der Waals surface area (Å²) in [4.78, 5) is 13.7. The maximum absolute atomic E-state index is 11.3. The molecular formula is C30H33NO3. The first-order valence-corrected chi connectivity index (χ1v) is 11.9. The zero-order chi connectivity index (χ0) is 23.8. The molecular weight excluding hydrogens is 422 g/mol. The fourth-order valence-corrected chi connectivity index (χ4v) is 4.34. The van der Waals surface area contributed by atoms with E-state index in [1.165, 1.54) is 35.4 Å². The van der Waals surface area contributed by atoms with Gasteiger partial charge in [0.25, 0.3) is 0 Å². The number of benzene rings is 3. The van der Waals surface area contributed by atoms with Crippen LogP contribution in [0.4, 0.5) is 0 Å². The molecule has 0 bridgehead atoms. The Morgan fingerprint density at radius 1 is 0.941 bits per heavy atom. The van der Waals surface area contributed by atoms with Crippen LogP contribution in [-0.2, 0) is 20.8 Å². The Labute approximate surface area is 202 Å². The molecule has 1 atom stereocenters. The summed E-state index contributed by atoms with van der Waals surface area (Å²) in [5, 5.41) is 0. The molecule has 4 nitrogen and oxygen atoms in total. The van der Waals surface area contributed by atoms with E-state index in [0.29, 0.717) is 0 Å². The zero-order valence-electron chi connectivity index (χ0n) is 20.0. The molecule has 1 unspecified atom stereocenters. The monoisotopic (exact) mass is 455 g/mol. The molecule has 176 valence electrons. The van der Waals surface area contributed by atoms with E-state index in [0.717, 1.165) is 38.0 Å². The number of piperidine rings is 1. The van der Waals surface area contributed by atoms with E-state index in [1.54, 1.807) is 6.08 Å². The number of rotatable bonds is 8. The predicted octanol–water partition coefficient (Wildman–Crippen LogP) is 5.95. The van der Waals surface area contributed by atoms with Crippen LogP contribution in [0.2, 0.25) is 0 Å². The molecule has 1 saturated heterocycles. The molecule has 34 heavy (non-hydrogen) atoms. The minimum absolute atomic E-state index is 0.0380. The Morgan fingerprint density at radius 2 is 1.59 bits per heavy atom. The average Bonchev–Trinajstić information content (AvgIpc) is 2.89. The molecule has 0 radical (unpaired) electrons. The van der Waals surface area contributed by atoms with Crippen LogP contribution >= 0.6 is 0 Å². The maximum Gasteiger partial charge on any atom is 0.330 e. The highest BCUT2D eigenvalue weighted by molar-refractivity contribution is 5.86. The highest BCUT2D eigenvalue weighted by Crippen LogP contribution is 2.30. The second-order valence-electron chi connectivity index (χ2n) is 8.91. The molecule has 0 spiro atoms. The van der Waals surface area contributed by atoms with E-state index in [4.69, 9.17) is 4.74 Å². The Kier molecular flexibility index (Phi) is 8.29. The van der Waals surface area contributed by atoms with Gasteiger partial charge in [-0.2, -0.15) is 0 Å². The lowest BCUT2D eigenvalue weighted by Crippen LogP contribution is -2.37. The third kappa shape index (κ3) is 6.66. The van der Waals surface area contributed by atoms with Crippen LogP contribution < -0.4 is 0 Å². The van der Waals surface area contributed by atoms with Gasteiger partial charge in [0, 0.05) is 25.7 Å². The van der Waals surface area contributed by atoms with Crippen molar-refractivity contribution in [3.8, 4) is 0 Å². The fourth-order valence-electron chi connectivity index (χ4n) is 4.34. The van der Waals surface area contributed by atoms with Gasteiger partial charge in [0.05, 0.1) is 13.2 Å². The van der Waals surface area contributed by atoms with Gasteiger partial charge in [-0.25, -0.2) is 4.79 Å². The van der Waals surface area contributed by atoms with E-state index in [2.05, 4.69) is 83.3 Å². The van der Waals surface area contributed by atoms with Crippen LogP contribution in [0.3, 0.4) is 0 Å². The van der Waals surface area contributed by atoms with Gasteiger partial charge < -0.3 is 9.47 Å². The molecule has 4 rings (SSSR count). The van der Waals surface area contributed by atoms with Crippen LogP contribution in [0.25, 0.3) is 6.08 Å². The zero-order valence-corrected chi connectivity index (χ0v) is 20.0. The molecule has 1 fully saturated rings. The van der Waals surface area contributed by atoms with Crippen molar-refractivity contribution in [2.75, 3.05) is 20.2 Å². The molecule has 1 heterocycles. The maximum atomic E-state index is 11.3. The van der Waals surface area contributed by atoms with Crippen LogP contribution in [0.1, 0.15) is 46.8 Å². The quantitative estimate of drug-likeness (QED) is 0.311. The summed E-state index contributed by atoms with van der Waals surface area (Å²) in [6.45, 7) is 5.08. The smallest absolute Gasteiger partial charge is 0.330 e. The van der Waals surface area contributed by atoms with Gasteiger partial charge in [-0.1, -0.05) is 84.4 Å². The lowest BCUT2D eigenvalue weighted by Gasteiger charge is -2.34. The fraction of sp³-hybridized carbons (Fsp3) is 0.300. The second-order valence-corrected chi connectivity index (χ2v) is 8.91. The van der Waals surface area contributed by atoms with Crippen molar-refractivity contribution in [2.45, 2.75) is 38.5 Å². The van der Waals surface area contributed by atoms with Gasteiger partial charge in [0.15, 0.2) is 0 Å². The second kappa shape index (κ2) is 11.8. The summed E-state index contributed by atoms with van der Waals surface area (Å²) in [5.74, 6) is -0.342. The summed E-state index contributed by atoms with van der Waals surface area (Å²) in [6, 6.07) is 27.6. The van der Waals surface area contributed by atoms with Crippen molar-refractivity contribution < 1.29 is 14.3 Å². The standard InChI is InChI=1S/C30H33NO3/c1-23-8-15-27(16-9-23)30(26-6-4-3-5-7-26)34-28-18-20-31(21-19-28)22-25-12-10-24(11-13-25)14-17-29(32)33-2/h3-17,28,30H,18-22H2,1-2H3. The molecule has 0 N–H and O–H groups in total. The molecule has 3 aromatic rings. The number of hydrogen-bond donors (Lipinski definition) is 0. The van der Waals surface area contributed by atoms with Crippen molar-refractivity contribution in [1.29, 1.82) is 0 Å². The van der Waals surface area contributed by atoms with Gasteiger partial charge in [-0.15, -0.1) is 0 Å². The number of methoxy groups -OCH3 is 1. The van der Waals surface area contributed by atoms with Crippen molar-refractivity contribution in [3.63, 3.8) is 0 Å². The highest BCUT2D eigenvalue weighted by atomic mass is 16.5. The number of carbonyl (C=O) groups is 1. The summed E-state index contributed by atoms with van der Waals surface area (Å²) in [5.41, 5.74) is 5.94. The molecule has 0 aromatic heterocycles. The molecule has 3 aromatic carbocycles. The Hall–Kier alpha value is -3.21. The van der Waals surface area contributed by atoms with Gasteiger partial charge in [-0.3, -0.25) is 4.90 Å². The van der Waals surface area contributed by atoms with E-state index in [1.807, 2.05) is 12.1 Å². The lowest BCUT2D eigenvalue weighted by molar-refractivity contribution is -0.134. The van der Waals surface area contributed by atoms with E-state index in [-0.39, 0.29) is 18.2 Å². The number of ether oxygens (including phenoxy) is 2. The normalized spacial score (nSPS) is 15.9. The molecule has 4 heteroatoms. The van der Waals surface area contributed by atoms with Crippen LogP contribution in [0, 0.1) is 6.92 Å². The summed E-state index contributed by atoms with van der Waals surface area (Å²) in [6.07, 6.45) is 5.47. The first kappa shape index (κ1) is 23.9. The molecule has 0 saturated carbocycles. The van der Waals surface area contributed by atoms with Gasteiger partial charge in [0.1, 0.15) is 6.10 Å². The first-order valence-electron chi connectivity index (χ1n) is 11.9. The molecule has 0 amide bonds. The molecule has 1 aliphatic rings. The number of esters is 1. The lowest BCUT2D eigenvalue weighted by atomic mass is 9.99. The van der Waals surface area contributed by atoms with Gasteiger partial charge >= 0.3 is 5.97 Å². The Morgan fingerprint density at radius 3 is 2.24 bits per heavy atom. The summed E-state index contributed by atoms with van der Waals surface area (Å²) < 4.78 is 11.3. The third-order valence-corrected chi connectivity index (χ3v) is 6.34. The summed E-state index contributed by atoms with van der Waals surface area (Å²) >= 11 is 0. The van der Waals surface area contributed by atoms with Gasteiger partial charge in [-0.05, 0) is 48.1 Å². The number of aryl methyl sites for hydroxylation is 1. The minimum atomic E-state index is -0.342. The average molecular weight is 456 g/mol. The highest BCUT2D eigenvalue weighted by Gasteiger charge is 2.24. The SMILES string of the molecule is COC(=O)C=Cc1ccc(CN2CCC(OC(c3ccccc3)c3ccc(C)cc3)CC2)cc1. The van der Waals surface area contributed by atoms with Gasteiger partial charge in [0.2, 0.25) is 0 Å². The number of hydrogen-bond acceptors (Lipinski definition) is 4. The van der Waals surface area contributed by atoms with Crippen LogP contribution in [0.15, 0.2) is 84.9 Å². The predicted molar refractivity (Wildman–Crippen MR) is 136 cm³/mol. The van der Waals surface area contributed by atoms with Crippen molar-refractivity contribution >= 4 is 12.0 Å². The van der Waals surface area contributed by atoms with E-state index in [9.17, 15) is 4.79 Å². The first-order chi connectivity index (χ1) is 16.6. The summed E-state index contributed by atoms with van der Waals surface area (Å²) in [7, 11) is 1.38. The van der Waals surface area contributed by atoms with E-state index >= 15 is 0 Å². The third-order valence-electron chi connectivity index (χ3n) is 6.34. The topological polar surface area (TPSA) is 38.8 Å². The number of nitrogens with zero attached hydrogens (tertiary/aromatic N) is 1. The minimum Gasteiger partial charge on any atom is -0.466 e. The van der Waals surface area contributed by atoms with Crippen LogP contribution in [0.5, 0.6) is 0 Å². The van der Waals surface area contributed by atoms with Crippen LogP contribution in [-0.4, -0.2) is 37.2 Å². The van der Waals surface area contributed by atoms with Crippen molar-refractivity contribution in [3.05, 3.63) is 113 Å². The Bertz CT molecular complexity index is 1070. The Balaban J connectivity index is 1.33.